The van der Waals surface area contributed by atoms with Gasteiger partial charge in [0.05, 0.1) is 28.9 Å². The van der Waals surface area contributed by atoms with E-state index in [9.17, 15) is 18.0 Å². The highest BCUT2D eigenvalue weighted by Gasteiger charge is 2.23. The molecule has 0 aliphatic heterocycles. The number of methoxy groups -OCH3 is 1. The van der Waals surface area contributed by atoms with Crippen molar-refractivity contribution >= 4 is 66.3 Å². The Morgan fingerprint density at radius 3 is 2.33 bits per heavy atom. The summed E-state index contributed by atoms with van der Waals surface area (Å²) in [5.41, 5.74) is 0.480. The predicted octanol–water partition coefficient (Wildman–Crippen LogP) is 5.39. The molecule has 0 unspecified atom stereocenters. The van der Waals surface area contributed by atoms with Crippen molar-refractivity contribution in [1.29, 1.82) is 0 Å². The molecule has 168 valence electrons. The summed E-state index contributed by atoms with van der Waals surface area (Å²) in [6.45, 7) is 0. The fourth-order valence-electron chi connectivity index (χ4n) is 3.17. The quantitative estimate of drug-likeness (QED) is 0.345. The van der Waals surface area contributed by atoms with Crippen LogP contribution in [0.2, 0.25) is 5.02 Å². The van der Waals surface area contributed by atoms with E-state index in [1.165, 1.54) is 54.8 Å². The van der Waals surface area contributed by atoms with Crippen molar-refractivity contribution < 1.29 is 22.7 Å². The minimum Gasteiger partial charge on any atom is -0.465 e. The number of amides is 1. The number of para-hydroxylation sites is 1. The van der Waals surface area contributed by atoms with Crippen LogP contribution in [0.3, 0.4) is 0 Å². The number of esters is 1. The maximum atomic E-state index is 13.2. The lowest BCUT2D eigenvalue weighted by molar-refractivity contribution is 0.0607. The molecule has 4 rings (SSSR count). The summed E-state index contributed by atoms with van der Waals surface area (Å²) < 4.78 is 33.7. The Morgan fingerprint density at radius 2 is 1.61 bits per heavy atom. The first-order valence-electron chi connectivity index (χ1n) is 9.59. The standard InChI is InChI=1S/C23H17ClN2O5S2/c1-31-23(28)21-20(17-7-3-5-9-19(17)32-21)25-22(27)16-6-2-4-8-18(16)26-33(29,30)15-12-10-14(24)11-13-15/h2-13,26H,1H3,(H,25,27). The molecule has 1 amide bonds. The fraction of sp³-hybridized carbons (Fsp3) is 0.0435. The molecular formula is C23H17ClN2O5S2. The summed E-state index contributed by atoms with van der Waals surface area (Å²) in [4.78, 5) is 25.7. The van der Waals surface area contributed by atoms with Gasteiger partial charge in [0.2, 0.25) is 0 Å². The van der Waals surface area contributed by atoms with E-state index in [1.807, 2.05) is 12.1 Å². The number of nitrogens with one attached hydrogen (secondary N) is 2. The van der Waals surface area contributed by atoms with Crippen LogP contribution in [0.5, 0.6) is 0 Å². The van der Waals surface area contributed by atoms with Gasteiger partial charge in [0.15, 0.2) is 0 Å². The van der Waals surface area contributed by atoms with Crippen molar-refractivity contribution in [1.82, 2.24) is 0 Å². The molecule has 1 heterocycles. The van der Waals surface area contributed by atoms with E-state index in [2.05, 4.69) is 10.0 Å². The minimum atomic E-state index is -3.97. The van der Waals surface area contributed by atoms with E-state index in [0.29, 0.717) is 16.1 Å². The highest BCUT2D eigenvalue weighted by atomic mass is 35.5. The molecule has 0 aliphatic rings. The average Bonchev–Trinajstić information content (AvgIpc) is 3.17. The fourth-order valence-corrected chi connectivity index (χ4v) is 5.46. The number of anilines is 2. The number of carbonyl (C=O) groups is 2. The Bertz CT molecular complexity index is 1460. The van der Waals surface area contributed by atoms with Crippen LogP contribution in [0.25, 0.3) is 10.1 Å². The lowest BCUT2D eigenvalue weighted by Crippen LogP contribution is -2.19. The van der Waals surface area contributed by atoms with Gasteiger partial charge in [-0.3, -0.25) is 9.52 Å². The molecule has 0 saturated heterocycles. The van der Waals surface area contributed by atoms with Crippen LogP contribution in [-0.4, -0.2) is 27.4 Å². The third-order valence-electron chi connectivity index (χ3n) is 4.74. The summed E-state index contributed by atoms with van der Waals surface area (Å²) in [6, 6.07) is 19.1. The molecule has 0 fully saturated rings. The number of halogens is 1. The Kier molecular flexibility index (Phi) is 6.37. The van der Waals surface area contributed by atoms with Gasteiger partial charge in [-0.2, -0.15) is 0 Å². The second-order valence-electron chi connectivity index (χ2n) is 6.85. The van der Waals surface area contributed by atoms with Gasteiger partial charge in [0.25, 0.3) is 15.9 Å². The minimum absolute atomic E-state index is 0.00100. The van der Waals surface area contributed by atoms with E-state index >= 15 is 0 Å². The maximum absolute atomic E-state index is 13.2. The number of carbonyl (C=O) groups excluding carboxylic acids is 2. The lowest BCUT2D eigenvalue weighted by atomic mass is 10.1. The van der Waals surface area contributed by atoms with Crippen molar-refractivity contribution in [3.63, 3.8) is 0 Å². The maximum Gasteiger partial charge on any atom is 0.350 e. The second kappa shape index (κ2) is 9.22. The molecule has 0 atom stereocenters. The smallest absolute Gasteiger partial charge is 0.350 e. The van der Waals surface area contributed by atoms with E-state index < -0.39 is 21.9 Å². The molecule has 0 spiro atoms. The van der Waals surface area contributed by atoms with Gasteiger partial charge in [-0.05, 0) is 42.5 Å². The molecule has 4 aromatic rings. The summed E-state index contributed by atoms with van der Waals surface area (Å²) in [7, 11) is -2.71. The molecule has 1 aromatic heterocycles. The Balaban J connectivity index is 1.69. The van der Waals surface area contributed by atoms with Gasteiger partial charge in [0, 0.05) is 15.1 Å². The number of hydrogen-bond donors (Lipinski definition) is 2. The Labute approximate surface area is 199 Å². The van der Waals surface area contributed by atoms with E-state index in [0.717, 1.165) is 4.70 Å². The van der Waals surface area contributed by atoms with Gasteiger partial charge in [-0.1, -0.05) is 41.9 Å². The molecule has 3 aromatic carbocycles. The normalized spacial score (nSPS) is 11.2. The predicted molar refractivity (Wildman–Crippen MR) is 130 cm³/mol. The number of rotatable bonds is 6. The lowest BCUT2D eigenvalue weighted by Gasteiger charge is -2.13. The zero-order valence-corrected chi connectivity index (χ0v) is 19.6. The van der Waals surface area contributed by atoms with Crippen molar-refractivity contribution in [2.45, 2.75) is 4.90 Å². The first-order chi connectivity index (χ1) is 15.8. The Hall–Kier alpha value is -3.40. The topological polar surface area (TPSA) is 102 Å². The van der Waals surface area contributed by atoms with E-state index in [-0.39, 0.29) is 21.0 Å². The third kappa shape index (κ3) is 4.70. The van der Waals surface area contributed by atoms with Crippen LogP contribution in [0, 0.1) is 0 Å². The zero-order valence-electron chi connectivity index (χ0n) is 17.2. The molecule has 0 aliphatic carbocycles. The molecule has 7 nitrogen and oxygen atoms in total. The number of sulfonamides is 1. The number of ether oxygens (including phenoxy) is 1. The summed E-state index contributed by atoms with van der Waals surface area (Å²) in [5, 5.41) is 3.83. The summed E-state index contributed by atoms with van der Waals surface area (Å²) >= 11 is 7.04. The van der Waals surface area contributed by atoms with Crippen LogP contribution in [0.1, 0.15) is 20.0 Å². The van der Waals surface area contributed by atoms with Gasteiger partial charge in [-0.25, -0.2) is 13.2 Å². The SMILES string of the molecule is COC(=O)c1sc2ccccc2c1NC(=O)c1ccccc1NS(=O)(=O)c1ccc(Cl)cc1. The van der Waals surface area contributed by atoms with Crippen LogP contribution < -0.4 is 10.0 Å². The largest absolute Gasteiger partial charge is 0.465 e. The van der Waals surface area contributed by atoms with Crippen molar-refractivity contribution in [3.05, 3.63) is 88.3 Å². The van der Waals surface area contributed by atoms with Crippen molar-refractivity contribution in [2.24, 2.45) is 0 Å². The number of benzene rings is 3. The van der Waals surface area contributed by atoms with Crippen LogP contribution >= 0.6 is 22.9 Å². The highest BCUT2D eigenvalue weighted by molar-refractivity contribution is 7.92. The van der Waals surface area contributed by atoms with Crippen LogP contribution in [-0.2, 0) is 14.8 Å². The molecule has 0 bridgehead atoms. The molecule has 33 heavy (non-hydrogen) atoms. The highest BCUT2D eigenvalue weighted by Crippen LogP contribution is 2.36. The number of hydrogen-bond acceptors (Lipinski definition) is 6. The zero-order chi connectivity index (χ0) is 23.6. The van der Waals surface area contributed by atoms with Crippen LogP contribution in [0.15, 0.2) is 77.7 Å². The molecule has 2 N–H and O–H groups in total. The molecule has 0 saturated carbocycles. The van der Waals surface area contributed by atoms with Gasteiger partial charge in [0.1, 0.15) is 4.88 Å². The van der Waals surface area contributed by atoms with Crippen molar-refractivity contribution in [2.75, 3.05) is 17.1 Å². The van der Waals surface area contributed by atoms with Gasteiger partial charge >= 0.3 is 5.97 Å². The van der Waals surface area contributed by atoms with Gasteiger partial charge in [-0.15, -0.1) is 11.3 Å². The van der Waals surface area contributed by atoms with E-state index in [1.54, 1.807) is 24.3 Å². The molecule has 10 heteroatoms. The summed E-state index contributed by atoms with van der Waals surface area (Å²) in [6.07, 6.45) is 0. The van der Waals surface area contributed by atoms with E-state index in [4.69, 9.17) is 16.3 Å². The summed E-state index contributed by atoms with van der Waals surface area (Å²) in [5.74, 6) is -1.17. The first-order valence-corrected chi connectivity index (χ1v) is 12.3. The Morgan fingerprint density at radius 1 is 0.939 bits per heavy atom. The monoisotopic (exact) mass is 500 g/mol. The average molecular weight is 501 g/mol. The number of fused-ring (bicyclic) bond motifs is 1. The van der Waals surface area contributed by atoms with Crippen molar-refractivity contribution in [3.8, 4) is 0 Å². The second-order valence-corrected chi connectivity index (χ2v) is 10.0. The number of thiophene rings is 1. The van der Waals surface area contributed by atoms with Gasteiger partial charge < -0.3 is 10.1 Å². The van der Waals surface area contributed by atoms with Crippen LogP contribution in [0.4, 0.5) is 11.4 Å². The molecular weight excluding hydrogens is 484 g/mol. The third-order valence-corrected chi connectivity index (χ3v) is 7.53. The first kappa shape index (κ1) is 22.8. The molecule has 0 radical (unpaired) electrons.